The van der Waals surface area contributed by atoms with Gasteiger partial charge in [0.2, 0.25) is 5.91 Å². The van der Waals surface area contributed by atoms with Crippen LogP contribution in [0.2, 0.25) is 18.1 Å². The van der Waals surface area contributed by atoms with Crippen molar-refractivity contribution in [3.63, 3.8) is 0 Å². The van der Waals surface area contributed by atoms with Crippen molar-refractivity contribution in [3.8, 4) is 17.0 Å². The van der Waals surface area contributed by atoms with Gasteiger partial charge in [0.05, 0.1) is 19.4 Å². The molecule has 7 heteroatoms. The number of aromatic nitrogens is 1. The highest BCUT2D eigenvalue weighted by Gasteiger charge is 2.39. The summed E-state index contributed by atoms with van der Waals surface area (Å²) < 4.78 is 14.6. The highest BCUT2D eigenvalue weighted by atomic mass is 32.2. The molecule has 2 aromatic carbocycles. The van der Waals surface area contributed by atoms with E-state index < -0.39 is 8.32 Å². The molecule has 1 amide bonds. The van der Waals surface area contributed by atoms with E-state index in [4.69, 9.17) is 9.16 Å². The molecule has 0 fully saturated rings. The van der Waals surface area contributed by atoms with Gasteiger partial charge >= 0.3 is 0 Å². The Kier molecular flexibility index (Phi) is 7.65. The lowest BCUT2D eigenvalue weighted by Crippen LogP contribution is -2.41. The molecule has 2 heterocycles. The Hall–Kier alpha value is -2.22. The molecule has 0 radical (unpaired) electrons. The summed E-state index contributed by atoms with van der Waals surface area (Å²) in [7, 11) is -0.187. The fraction of sp³-hybridized carbons (Fsp3) is 0.483. The zero-order chi connectivity index (χ0) is 26.3. The first-order chi connectivity index (χ1) is 17.0. The molecule has 0 spiro atoms. The van der Waals surface area contributed by atoms with Crippen molar-refractivity contribution < 1.29 is 14.0 Å². The Morgan fingerprint density at radius 2 is 1.81 bits per heavy atom. The van der Waals surface area contributed by atoms with Gasteiger partial charge in [-0.1, -0.05) is 39.0 Å². The number of carbonyl (C=O) groups excluding carboxylic acids is 1. The standard InChI is InChI=1S/C29H40N2O3SSi/c1-9-30(10-2)28(32)27-25-22-19-20(33-6)15-16-23(22)31(17-18-34-36(7,8)29(3,4)5)26(25)21-13-11-12-14-24(21)35-27/h11-16,19,27H,9-10,17-18H2,1-8H3. The van der Waals surface area contributed by atoms with Crippen LogP contribution in [0.25, 0.3) is 22.2 Å². The number of benzene rings is 2. The molecule has 0 bridgehead atoms. The molecule has 36 heavy (non-hydrogen) atoms. The number of carbonyl (C=O) groups is 1. The van der Waals surface area contributed by atoms with Crippen molar-refractivity contribution in [2.75, 3.05) is 26.8 Å². The second-order valence-corrected chi connectivity index (χ2v) is 16.9. The number of amides is 1. The number of nitrogens with zero attached hydrogens (tertiary/aromatic N) is 2. The van der Waals surface area contributed by atoms with Crippen molar-refractivity contribution in [1.82, 2.24) is 9.47 Å². The largest absolute Gasteiger partial charge is 0.497 e. The molecular formula is C29H40N2O3SSi. The Morgan fingerprint density at radius 3 is 2.44 bits per heavy atom. The molecule has 1 aliphatic heterocycles. The molecule has 0 saturated heterocycles. The Labute approximate surface area is 221 Å². The van der Waals surface area contributed by atoms with Gasteiger partial charge in [-0.15, -0.1) is 11.8 Å². The zero-order valence-electron chi connectivity index (χ0n) is 23.0. The number of ether oxygens (including phenoxy) is 1. The van der Waals surface area contributed by atoms with Gasteiger partial charge in [-0.25, -0.2) is 0 Å². The van der Waals surface area contributed by atoms with E-state index in [2.05, 4.69) is 74.8 Å². The Bertz CT molecular complexity index is 1260. The third-order valence-corrected chi connectivity index (χ3v) is 13.7. The third kappa shape index (κ3) is 4.73. The monoisotopic (exact) mass is 524 g/mol. The highest BCUT2D eigenvalue weighted by Crippen LogP contribution is 2.53. The normalized spacial score (nSPS) is 15.5. The summed E-state index contributed by atoms with van der Waals surface area (Å²) in [5.41, 5.74) is 4.53. The van der Waals surface area contributed by atoms with E-state index in [1.54, 1.807) is 18.9 Å². The number of likely N-dealkylation sites (N-methyl/N-ethyl adjacent to an activating group) is 1. The van der Waals surface area contributed by atoms with Gasteiger partial charge in [0.15, 0.2) is 8.32 Å². The third-order valence-electron chi connectivity index (χ3n) is 7.84. The minimum absolute atomic E-state index is 0.156. The molecule has 1 unspecified atom stereocenters. The summed E-state index contributed by atoms with van der Waals surface area (Å²) in [5, 5.41) is 0.944. The van der Waals surface area contributed by atoms with Crippen LogP contribution in [-0.4, -0.2) is 50.5 Å². The summed E-state index contributed by atoms with van der Waals surface area (Å²) >= 11 is 1.67. The number of methoxy groups -OCH3 is 1. The molecule has 1 aromatic heterocycles. The maximum Gasteiger partial charge on any atom is 0.240 e. The molecule has 5 nitrogen and oxygen atoms in total. The quantitative estimate of drug-likeness (QED) is 0.289. The van der Waals surface area contributed by atoms with E-state index in [0.717, 1.165) is 39.4 Å². The average molecular weight is 525 g/mol. The van der Waals surface area contributed by atoms with Gasteiger partial charge in [0.1, 0.15) is 11.0 Å². The number of fused-ring (bicyclic) bond motifs is 5. The lowest BCUT2D eigenvalue weighted by molar-refractivity contribution is -0.130. The van der Waals surface area contributed by atoms with E-state index in [1.165, 1.54) is 5.56 Å². The summed E-state index contributed by atoms with van der Waals surface area (Å²) in [6, 6.07) is 14.7. The fourth-order valence-corrected chi connectivity index (χ4v) is 7.05. The number of rotatable bonds is 8. The molecule has 3 aromatic rings. The summed E-state index contributed by atoms with van der Waals surface area (Å²) in [5.74, 6) is 0.970. The highest BCUT2D eigenvalue weighted by molar-refractivity contribution is 8.00. The lowest BCUT2D eigenvalue weighted by Gasteiger charge is -2.36. The molecule has 0 saturated carbocycles. The predicted molar refractivity (Wildman–Crippen MR) is 154 cm³/mol. The topological polar surface area (TPSA) is 43.7 Å². The van der Waals surface area contributed by atoms with Crippen LogP contribution in [0.4, 0.5) is 0 Å². The van der Waals surface area contributed by atoms with Gasteiger partial charge in [-0.05, 0) is 56.2 Å². The van der Waals surface area contributed by atoms with Crippen LogP contribution in [0.1, 0.15) is 45.4 Å². The van der Waals surface area contributed by atoms with Gasteiger partial charge in [0.25, 0.3) is 0 Å². The maximum atomic E-state index is 13.8. The first-order valence-corrected chi connectivity index (χ1v) is 16.7. The van der Waals surface area contributed by atoms with Gasteiger partial charge < -0.3 is 18.6 Å². The molecule has 0 N–H and O–H groups in total. The van der Waals surface area contributed by atoms with Gasteiger partial charge in [-0.2, -0.15) is 0 Å². The minimum Gasteiger partial charge on any atom is -0.497 e. The Morgan fingerprint density at radius 1 is 1.11 bits per heavy atom. The van der Waals surface area contributed by atoms with Crippen LogP contribution in [0.3, 0.4) is 0 Å². The average Bonchev–Trinajstić information content (AvgIpc) is 3.17. The number of thioether (sulfide) groups is 1. The Balaban J connectivity index is 1.89. The summed E-state index contributed by atoms with van der Waals surface area (Å²) in [6.45, 7) is 18.3. The van der Waals surface area contributed by atoms with Crippen molar-refractivity contribution in [2.45, 2.75) is 69.4 Å². The minimum atomic E-state index is -1.88. The number of hydrogen-bond acceptors (Lipinski definition) is 4. The van der Waals surface area contributed by atoms with Gasteiger partial charge in [0, 0.05) is 46.6 Å². The van der Waals surface area contributed by atoms with Crippen LogP contribution < -0.4 is 4.74 Å². The first-order valence-electron chi connectivity index (χ1n) is 12.9. The predicted octanol–water partition coefficient (Wildman–Crippen LogP) is 7.35. The van der Waals surface area contributed by atoms with Crippen molar-refractivity contribution >= 4 is 36.9 Å². The van der Waals surface area contributed by atoms with Crippen molar-refractivity contribution in [3.05, 3.63) is 48.0 Å². The first kappa shape index (κ1) is 26.8. The van der Waals surface area contributed by atoms with E-state index in [-0.39, 0.29) is 16.2 Å². The molecule has 0 aliphatic carbocycles. The molecule has 1 aliphatic rings. The van der Waals surface area contributed by atoms with E-state index in [9.17, 15) is 4.79 Å². The lowest BCUT2D eigenvalue weighted by atomic mass is 10.00. The molecule has 194 valence electrons. The fourth-order valence-electron chi connectivity index (χ4n) is 4.71. The molecule has 1 atom stereocenters. The van der Waals surface area contributed by atoms with Crippen molar-refractivity contribution in [1.29, 1.82) is 0 Å². The SMILES string of the molecule is CCN(CC)C(=O)C1Sc2ccccc2-c2c1c1cc(OC)ccc1n2CCO[Si](C)(C)C(C)(C)C. The molecular weight excluding hydrogens is 484 g/mol. The summed E-state index contributed by atoms with van der Waals surface area (Å²) in [4.78, 5) is 16.9. The van der Waals surface area contributed by atoms with Crippen LogP contribution in [0, 0.1) is 0 Å². The smallest absolute Gasteiger partial charge is 0.240 e. The van der Waals surface area contributed by atoms with E-state index >= 15 is 0 Å². The molecule has 4 rings (SSSR count). The summed E-state index contributed by atoms with van der Waals surface area (Å²) in [6.07, 6.45) is 0. The van der Waals surface area contributed by atoms with Crippen LogP contribution in [0.5, 0.6) is 5.75 Å². The van der Waals surface area contributed by atoms with E-state index in [0.29, 0.717) is 19.7 Å². The maximum absolute atomic E-state index is 13.8. The van der Waals surface area contributed by atoms with Crippen LogP contribution in [-0.2, 0) is 15.8 Å². The van der Waals surface area contributed by atoms with Crippen LogP contribution >= 0.6 is 11.8 Å². The van der Waals surface area contributed by atoms with Crippen molar-refractivity contribution in [2.24, 2.45) is 0 Å². The van der Waals surface area contributed by atoms with E-state index in [1.807, 2.05) is 24.8 Å². The second-order valence-electron chi connectivity index (χ2n) is 10.9. The zero-order valence-corrected chi connectivity index (χ0v) is 24.8. The van der Waals surface area contributed by atoms with Gasteiger partial charge in [-0.3, -0.25) is 4.79 Å². The van der Waals surface area contributed by atoms with Crippen LogP contribution in [0.15, 0.2) is 47.4 Å². The second kappa shape index (κ2) is 10.3. The number of hydrogen-bond donors (Lipinski definition) is 0.